The summed E-state index contributed by atoms with van der Waals surface area (Å²) in [6.45, 7) is 5.89. The minimum Gasteiger partial charge on any atom is -0.465 e. The first-order chi connectivity index (χ1) is 13.1. The topological polar surface area (TPSA) is 64.5 Å². The summed E-state index contributed by atoms with van der Waals surface area (Å²) in [5, 5.41) is 0.930. The van der Waals surface area contributed by atoms with Crippen LogP contribution in [0.25, 0.3) is 10.2 Å². The summed E-state index contributed by atoms with van der Waals surface area (Å²) >= 11 is 1.36. The van der Waals surface area contributed by atoms with E-state index >= 15 is 0 Å². The van der Waals surface area contributed by atoms with Crippen molar-refractivity contribution in [2.24, 2.45) is 0 Å². The Balaban J connectivity index is 1.76. The molecule has 0 aliphatic carbocycles. The van der Waals surface area contributed by atoms with Gasteiger partial charge in [-0.25, -0.2) is 14.8 Å². The third-order valence-corrected chi connectivity index (χ3v) is 5.96. The van der Waals surface area contributed by atoms with Crippen LogP contribution in [0.3, 0.4) is 0 Å². The molecule has 0 N–H and O–H groups in total. The molecule has 0 unspecified atom stereocenters. The Bertz CT molecular complexity index is 987. The number of esters is 1. The van der Waals surface area contributed by atoms with E-state index in [0.29, 0.717) is 23.9 Å². The van der Waals surface area contributed by atoms with E-state index in [1.807, 2.05) is 32.0 Å². The van der Waals surface area contributed by atoms with E-state index in [1.54, 1.807) is 0 Å². The van der Waals surface area contributed by atoms with Crippen LogP contribution < -0.4 is 4.90 Å². The highest BCUT2D eigenvalue weighted by molar-refractivity contribution is 7.20. The van der Waals surface area contributed by atoms with Crippen molar-refractivity contribution in [3.63, 3.8) is 0 Å². The summed E-state index contributed by atoms with van der Waals surface area (Å²) in [7, 11) is 1.40. The normalized spacial score (nSPS) is 17.3. The number of carbonyl (C=O) groups is 1. The average Bonchev–Trinajstić information content (AvgIpc) is 3.04. The van der Waals surface area contributed by atoms with Crippen molar-refractivity contribution in [1.29, 1.82) is 0 Å². The molecule has 1 aromatic carbocycles. The molecule has 3 heterocycles. The lowest BCUT2D eigenvalue weighted by atomic mass is 10.1. The van der Waals surface area contributed by atoms with E-state index in [9.17, 15) is 4.79 Å². The van der Waals surface area contributed by atoms with Crippen molar-refractivity contribution in [3.05, 3.63) is 52.2 Å². The molecule has 7 heteroatoms. The number of nitrogens with zero attached hydrogens (tertiary/aromatic N) is 3. The molecule has 1 aliphatic heterocycles. The van der Waals surface area contributed by atoms with E-state index in [2.05, 4.69) is 22.0 Å². The number of rotatable bonds is 3. The van der Waals surface area contributed by atoms with Crippen molar-refractivity contribution in [3.8, 4) is 0 Å². The Hall–Kier alpha value is -2.51. The molecule has 1 atom stereocenters. The first kappa shape index (κ1) is 17.9. The van der Waals surface area contributed by atoms with Gasteiger partial charge in [-0.1, -0.05) is 30.3 Å². The van der Waals surface area contributed by atoms with E-state index in [0.717, 1.165) is 33.7 Å². The smallest absolute Gasteiger partial charge is 0.348 e. The van der Waals surface area contributed by atoms with E-state index < -0.39 is 0 Å². The molecule has 140 valence electrons. The van der Waals surface area contributed by atoms with E-state index in [-0.39, 0.29) is 12.1 Å². The van der Waals surface area contributed by atoms with Crippen LogP contribution in [0.15, 0.2) is 30.3 Å². The highest BCUT2D eigenvalue weighted by Gasteiger charge is 2.27. The number of carbonyl (C=O) groups excluding carboxylic acids is 1. The third-order valence-electron chi connectivity index (χ3n) is 4.79. The first-order valence-electron chi connectivity index (χ1n) is 8.86. The number of ether oxygens (including phenoxy) is 2. The molecule has 3 aromatic rings. The maximum Gasteiger partial charge on any atom is 0.348 e. The van der Waals surface area contributed by atoms with Gasteiger partial charge in [0, 0.05) is 13.1 Å². The van der Waals surface area contributed by atoms with Gasteiger partial charge in [-0.3, -0.25) is 0 Å². The van der Waals surface area contributed by atoms with Crippen LogP contribution in [0.5, 0.6) is 0 Å². The number of hydrogen-bond acceptors (Lipinski definition) is 7. The van der Waals surface area contributed by atoms with Gasteiger partial charge < -0.3 is 14.4 Å². The predicted octanol–water partition coefficient (Wildman–Crippen LogP) is 3.67. The Morgan fingerprint density at radius 3 is 2.78 bits per heavy atom. The Labute approximate surface area is 161 Å². The van der Waals surface area contributed by atoms with Crippen LogP contribution in [0.1, 0.15) is 32.7 Å². The van der Waals surface area contributed by atoms with Crippen molar-refractivity contribution < 1.29 is 14.3 Å². The zero-order valence-electron chi connectivity index (χ0n) is 15.6. The number of benzene rings is 1. The van der Waals surface area contributed by atoms with Gasteiger partial charge in [-0.05, 0) is 25.0 Å². The van der Waals surface area contributed by atoms with Crippen LogP contribution in [0.4, 0.5) is 5.82 Å². The Morgan fingerprint density at radius 1 is 1.26 bits per heavy atom. The van der Waals surface area contributed by atoms with Gasteiger partial charge >= 0.3 is 5.97 Å². The lowest BCUT2D eigenvalue weighted by molar-refractivity contribution is 0.0396. The lowest BCUT2D eigenvalue weighted by Gasteiger charge is -2.34. The fraction of sp³-hybridized carbons (Fsp3) is 0.350. The van der Waals surface area contributed by atoms with Crippen molar-refractivity contribution in [2.75, 3.05) is 31.7 Å². The number of morpholine rings is 1. The minimum absolute atomic E-state index is 0.00992. The molecule has 0 bridgehead atoms. The van der Waals surface area contributed by atoms with Gasteiger partial charge in [-0.15, -0.1) is 11.3 Å². The molecule has 1 saturated heterocycles. The summed E-state index contributed by atoms with van der Waals surface area (Å²) in [5.41, 5.74) is 2.03. The molecule has 0 amide bonds. The predicted molar refractivity (Wildman–Crippen MR) is 106 cm³/mol. The van der Waals surface area contributed by atoms with Crippen LogP contribution in [-0.4, -0.2) is 42.7 Å². The molecular formula is C20H21N3O3S. The molecule has 6 nitrogen and oxygen atoms in total. The standard InChI is InChI=1S/C20H21N3O3S/c1-12-16-18(21-13(2)22-19(16)27-17(12)20(24)25-3)23-9-10-26-15(11-23)14-7-5-4-6-8-14/h4-8,15H,9-11H2,1-3H3/t15-/m1/s1. The molecule has 4 rings (SSSR count). The molecule has 0 radical (unpaired) electrons. The Kier molecular flexibility index (Phi) is 4.80. The number of fused-ring (bicyclic) bond motifs is 1. The van der Waals surface area contributed by atoms with E-state index in [4.69, 9.17) is 14.5 Å². The number of thiophene rings is 1. The second-order valence-corrected chi connectivity index (χ2v) is 7.54. The number of aryl methyl sites for hydroxylation is 2. The quantitative estimate of drug-likeness (QED) is 0.643. The largest absolute Gasteiger partial charge is 0.465 e. The summed E-state index contributed by atoms with van der Waals surface area (Å²) in [4.78, 5) is 25.0. The maximum absolute atomic E-state index is 12.1. The van der Waals surface area contributed by atoms with Crippen LogP contribution in [0.2, 0.25) is 0 Å². The zero-order chi connectivity index (χ0) is 19.0. The van der Waals surface area contributed by atoms with Crippen LogP contribution in [0, 0.1) is 13.8 Å². The summed E-state index contributed by atoms with van der Waals surface area (Å²) < 4.78 is 10.9. The van der Waals surface area contributed by atoms with Gasteiger partial charge in [0.15, 0.2) is 0 Å². The molecule has 0 saturated carbocycles. The van der Waals surface area contributed by atoms with Crippen molar-refractivity contribution >= 4 is 33.3 Å². The van der Waals surface area contributed by atoms with Gasteiger partial charge in [0.25, 0.3) is 0 Å². The number of anilines is 1. The maximum atomic E-state index is 12.1. The summed E-state index contributed by atoms with van der Waals surface area (Å²) in [5.74, 6) is 1.23. The third kappa shape index (κ3) is 3.28. The second kappa shape index (κ2) is 7.25. The number of aromatic nitrogens is 2. The molecule has 0 spiro atoms. The average molecular weight is 383 g/mol. The highest BCUT2D eigenvalue weighted by Crippen LogP contribution is 2.37. The fourth-order valence-corrected chi connectivity index (χ4v) is 4.59. The minimum atomic E-state index is -0.330. The molecule has 1 fully saturated rings. The van der Waals surface area contributed by atoms with Crippen molar-refractivity contribution in [1.82, 2.24) is 9.97 Å². The first-order valence-corrected chi connectivity index (χ1v) is 9.67. The monoisotopic (exact) mass is 383 g/mol. The van der Waals surface area contributed by atoms with Gasteiger partial charge in [0.2, 0.25) is 0 Å². The van der Waals surface area contributed by atoms with Crippen molar-refractivity contribution in [2.45, 2.75) is 20.0 Å². The second-order valence-electron chi connectivity index (χ2n) is 6.54. The molecule has 27 heavy (non-hydrogen) atoms. The molecular weight excluding hydrogens is 362 g/mol. The van der Waals surface area contributed by atoms with Gasteiger partial charge in [0.1, 0.15) is 27.5 Å². The van der Waals surface area contributed by atoms with Crippen LogP contribution in [-0.2, 0) is 9.47 Å². The van der Waals surface area contributed by atoms with E-state index in [1.165, 1.54) is 18.4 Å². The summed E-state index contributed by atoms with van der Waals surface area (Å²) in [6, 6.07) is 10.2. The number of methoxy groups -OCH3 is 1. The number of hydrogen-bond donors (Lipinski definition) is 0. The molecule has 1 aliphatic rings. The fourth-order valence-electron chi connectivity index (χ4n) is 3.45. The summed E-state index contributed by atoms with van der Waals surface area (Å²) in [6.07, 6.45) is -0.00992. The SMILES string of the molecule is COC(=O)c1sc2nc(C)nc(N3CCO[C@@H](c4ccccc4)C3)c2c1C. The Morgan fingerprint density at radius 2 is 2.04 bits per heavy atom. The lowest BCUT2D eigenvalue weighted by Crippen LogP contribution is -2.39. The van der Waals surface area contributed by atoms with Crippen LogP contribution >= 0.6 is 11.3 Å². The zero-order valence-corrected chi connectivity index (χ0v) is 16.4. The molecule has 2 aromatic heterocycles. The highest BCUT2D eigenvalue weighted by atomic mass is 32.1. The van der Waals surface area contributed by atoms with Gasteiger partial charge in [0.05, 0.1) is 19.1 Å². The van der Waals surface area contributed by atoms with Gasteiger partial charge in [-0.2, -0.15) is 0 Å².